The zero-order chi connectivity index (χ0) is 12.8. The molecule has 0 amide bonds. The van der Waals surface area contributed by atoms with E-state index in [1.165, 1.54) is 10.5 Å². The molecule has 0 spiro atoms. The van der Waals surface area contributed by atoms with Gasteiger partial charge >= 0.3 is 0 Å². The SMILES string of the molecule is Nc1cccc(CCCSc2cccc(N)c2)c1. The second kappa shape index (κ2) is 6.36. The van der Waals surface area contributed by atoms with Crippen LogP contribution in [-0.4, -0.2) is 5.75 Å². The number of aryl methyl sites for hydroxylation is 1. The van der Waals surface area contributed by atoms with Gasteiger partial charge in [-0.3, -0.25) is 0 Å². The molecule has 0 unspecified atom stereocenters. The van der Waals surface area contributed by atoms with E-state index in [0.717, 1.165) is 30.0 Å². The Hall–Kier alpha value is -1.61. The van der Waals surface area contributed by atoms with Gasteiger partial charge in [0.05, 0.1) is 0 Å². The fraction of sp³-hybridized carbons (Fsp3) is 0.200. The molecule has 0 aliphatic rings. The summed E-state index contributed by atoms with van der Waals surface area (Å²) in [4.78, 5) is 1.24. The van der Waals surface area contributed by atoms with Crippen LogP contribution in [-0.2, 0) is 6.42 Å². The van der Waals surface area contributed by atoms with Crippen LogP contribution in [0.3, 0.4) is 0 Å². The summed E-state index contributed by atoms with van der Waals surface area (Å²) < 4.78 is 0. The molecular weight excluding hydrogens is 240 g/mol. The van der Waals surface area contributed by atoms with Crippen molar-refractivity contribution >= 4 is 23.1 Å². The van der Waals surface area contributed by atoms with Gasteiger partial charge in [0, 0.05) is 16.3 Å². The second-order valence-corrected chi connectivity index (χ2v) is 5.44. The molecule has 3 heteroatoms. The first-order valence-corrected chi connectivity index (χ1v) is 7.05. The molecular formula is C15H18N2S. The van der Waals surface area contributed by atoms with Crippen LogP contribution in [0.4, 0.5) is 11.4 Å². The van der Waals surface area contributed by atoms with Crippen LogP contribution in [0.1, 0.15) is 12.0 Å². The molecule has 18 heavy (non-hydrogen) atoms. The molecule has 2 aromatic carbocycles. The first kappa shape index (κ1) is 12.8. The maximum absolute atomic E-state index is 5.75. The minimum atomic E-state index is 0.829. The summed E-state index contributed by atoms with van der Waals surface area (Å²) in [6.07, 6.45) is 2.21. The van der Waals surface area contributed by atoms with Gasteiger partial charge in [0.25, 0.3) is 0 Å². The van der Waals surface area contributed by atoms with Crippen LogP contribution in [0, 0.1) is 0 Å². The number of rotatable bonds is 5. The lowest BCUT2D eigenvalue weighted by Gasteiger charge is -2.04. The van der Waals surface area contributed by atoms with Gasteiger partial charge < -0.3 is 11.5 Å². The summed E-state index contributed by atoms with van der Waals surface area (Å²) in [5.41, 5.74) is 14.5. The number of thioether (sulfide) groups is 1. The maximum Gasteiger partial charge on any atom is 0.0325 e. The quantitative estimate of drug-likeness (QED) is 0.489. The normalized spacial score (nSPS) is 10.4. The van der Waals surface area contributed by atoms with Crippen molar-refractivity contribution in [3.8, 4) is 0 Å². The number of nitrogen functional groups attached to an aromatic ring is 2. The van der Waals surface area contributed by atoms with Gasteiger partial charge in [-0.25, -0.2) is 0 Å². The van der Waals surface area contributed by atoms with E-state index in [1.807, 2.05) is 48.2 Å². The summed E-state index contributed by atoms with van der Waals surface area (Å²) in [6.45, 7) is 0. The standard InChI is InChI=1S/C15H18N2S/c16-13-6-1-4-12(10-13)5-3-9-18-15-8-2-7-14(17)11-15/h1-2,4,6-8,10-11H,3,5,9,16-17H2. The van der Waals surface area contributed by atoms with Crippen LogP contribution in [0.25, 0.3) is 0 Å². The van der Waals surface area contributed by atoms with Gasteiger partial charge in [0.2, 0.25) is 0 Å². The van der Waals surface area contributed by atoms with Crippen LogP contribution in [0.5, 0.6) is 0 Å². The molecule has 4 N–H and O–H groups in total. The highest BCUT2D eigenvalue weighted by Crippen LogP contribution is 2.21. The van der Waals surface area contributed by atoms with E-state index in [1.54, 1.807) is 0 Å². The maximum atomic E-state index is 5.75. The van der Waals surface area contributed by atoms with Crippen molar-refractivity contribution in [3.05, 3.63) is 54.1 Å². The van der Waals surface area contributed by atoms with Gasteiger partial charge in [-0.15, -0.1) is 11.8 Å². The highest BCUT2D eigenvalue weighted by atomic mass is 32.2. The third kappa shape index (κ3) is 4.00. The molecule has 0 radical (unpaired) electrons. The minimum Gasteiger partial charge on any atom is -0.399 e. The zero-order valence-electron chi connectivity index (χ0n) is 10.3. The monoisotopic (exact) mass is 258 g/mol. The summed E-state index contributed by atoms with van der Waals surface area (Å²) in [5.74, 6) is 1.10. The lowest BCUT2D eigenvalue weighted by molar-refractivity contribution is 0.933. The van der Waals surface area contributed by atoms with Crippen LogP contribution in [0.2, 0.25) is 0 Å². The predicted molar refractivity (Wildman–Crippen MR) is 80.8 cm³/mol. The van der Waals surface area contributed by atoms with Crippen molar-refractivity contribution in [2.75, 3.05) is 17.2 Å². The Morgan fingerprint density at radius 3 is 2.33 bits per heavy atom. The predicted octanol–water partition coefficient (Wildman–Crippen LogP) is 3.58. The highest BCUT2D eigenvalue weighted by Gasteiger charge is 1.97. The molecule has 0 aliphatic heterocycles. The van der Waals surface area contributed by atoms with Gasteiger partial charge in [-0.1, -0.05) is 18.2 Å². The second-order valence-electron chi connectivity index (χ2n) is 4.27. The van der Waals surface area contributed by atoms with Crippen molar-refractivity contribution in [2.24, 2.45) is 0 Å². The first-order valence-electron chi connectivity index (χ1n) is 6.07. The van der Waals surface area contributed by atoms with Crippen molar-refractivity contribution in [3.63, 3.8) is 0 Å². The summed E-state index contributed by atoms with van der Waals surface area (Å²) in [7, 11) is 0. The van der Waals surface area contributed by atoms with Gasteiger partial charge in [0.15, 0.2) is 0 Å². The van der Waals surface area contributed by atoms with E-state index < -0.39 is 0 Å². The Labute approximate surface area is 112 Å². The lowest BCUT2D eigenvalue weighted by atomic mass is 10.1. The summed E-state index contributed by atoms with van der Waals surface area (Å²) >= 11 is 1.85. The van der Waals surface area contributed by atoms with E-state index in [2.05, 4.69) is 12.1 Å². The Morgan fingerprint density at radius 1 is 0.889 bits per heavy atom. The van der Waals surface area contributed by atoms with Crippen molar-refractivity contribution in [2.45, 2.75) is 17.7 Å². The number of hydrogen-bond acceptors (Lipinski definition) is 3. The number of nitrogens with two attached hydrogens (primary N) is 2. The van der Waals surface area contributed by atoms with Gasteiger partial charge in [0.1, 0.15) is 0 Å². The van der Waals surface area contributed by atoms with E-state index in [4.69, 9.17) is 11.5 Å². The van der Waals surface area contributed by atoms with E-state index >= 15 is 0 Å². The molecule has 0 saturated heterocycles. The average molecular weight is 258 g/mol. The molecule has 2 rings (SSSR count). The van der Waals surface area contributed by atoms with E-state index in [-0.39, 0.29) is 0 Å². The number of anilines is 2. The Kier molecular flexibility index (Phi) is 4.53. The molecule has 94 valence electrons. The summed E-state index contributed by atoms with van der Waals surface area (Å²) in [5, 5.41) is 0. The Balaban J connectivity index is 1.76. The molecule has 2 aromatic rings. The fourth-order valence-corrected chi connectivity index (χ4v) is 2.74. The third-order valence-corrected chi connectivity index (χ3v) is 3.77. The molecule has 2 nitrogen and oxygen atoms in total. The number of hydrogen-bond donors (Lipinski definition) is 2. The van der Waals surface area contributed by atoms with Crippen molar-refractivity contribution in [1.29, 1.82) is 0 Å². The van der Waals surface area contributed by atoms with Crippen LogP contribution >= 0.6 is 11.8 Å². The summed E-state index contributed by atoms with van der Waals surface area (Å²) in [6, 6.07) is 16.1. The molecule has 0 bridgehead atoms. The van der Waals surface area contributed by atoms with E-state index in [9.17, 15) is 0 Å². The van der Waals surface area contributed by atoms with Crippen LogP contribution < -0.4 is 11.5 Å². The molecule has 0 atom stereocenters. The highest BCUT2D eigenvalue weighted by molar-refractivity contribution is 7.99. The van der Waals surface area contributed by atoms with Crippen molar-refractivity contribution in [1.82, 2.24) is 0 Å². The zero-order valence-corrected chi connectivity index (χ0v) is 11.1. The topological polar surface area (TPSA) is 52.0 Å². The Bertz CT molecular complexity index is 464. The van der Waals surface area contributed by atoms with Gasteiger partial charge in [-0.05, 0) is 54.5 Å². The number of benzene rings is 2. The van der Waals surface area contributed by atoms with Crippen LogP contribution in [0.15, 0.2) is 53.4 Å². The third-order valence-electron chi connectivity index (χ3n) is 2.69. The van der Waals surface area contributed by atoms with Crippen molar-refractivity contribution < 1.29 is 0 Å². The molecule has 0 heterocycles. The largest absolute Gasteiger partial charge is 0.399 e. The molecule has 0 fully saturated rings. The Morgan fingerprint density at radius 2 is 1.61 bits per heavy atom. The van der Waals surface area contributed by atoms with E-state index in [0.29, 0.717) is 0 Å². The fourth-order valence-electron chi connectivity index (χ4n) is 1.82. The minimum absolute atomic E-state index is 0.829. The first-order chi connectivity index (χ1) is 8.74. The molecule has 0 saturated carbocycles. The lowest BCUT2D eigenvalue weighted by Crippen LogP contribution is -1.91. The molecule has 0 aromatic heterocycles. The molecule has 0 aliphatic carbocycles. The smallest absolute Gasteiger partial charge is 0.0325 e. The van der Waals surface area contributed by atoms with Gasteiger partial charge in [-0.2, -0.15) is 0 Å². The average Bonchev–Trinajstić information content (AvgIpc) is 2.35.